The van der Waals surface area contributed by atoms with Gasteiger partial charge in [0.1, 0.15) is 0 Å². The van der Waals surface area contributed by atoms with Gasteiger partial charge in [0.15, 0.2) is 0 Å². The lowest BCUT2D eigenvalue weighted by atomic mass is 10.1. The van der Waals surface area contributed by atoms with Crippen LogP contribution in [0, 0.1) is 0 Å². The van der Waals surface area contributed by atoms with Gasteiger partial charge in [-0.05, 0) is 29.7 Å². The Morgan fingerprint density at radius 2 is 2.00 bits per heavy atom. The van der Waals surface area contributed by atoms with Gasteiger partial charge in [0.05, 0.1) is 6.10 Å². The fraction of sp³-hybridized carbons (Fsp3) is 0.333. The summed E-state index contributed by atoms with van der Waals surface area (Å²) in [6, 6.07) is 3.60. The average molecular weight is 203 g/mol. The van der Waals surface area contributed by atoms with Crippen LogP contribution in [0.2, 0.25) is 10.0 Å². The zero-order chi connectivity index (χ0) is 8.72. The molecule has 1 aromatic rings. The van der Waals surface area contributed by atoms with Gasteiger partial charge in [-0.3, -0.25) is 0 Å². The van der Waals surface area contributed by atoms with E-state index in [4.69, 9.17) is 23.2 Å². The van der Waals surface area contributed by atoms with Gasteiger partial charge in [0.25, 0.3) is 0 Å². The monoisotopic (exact) mass is 202 g/mol. The molecule has 1 aliphatic carbocycles. The molecule has 2 rings (SSSR count). The van der Waals surface area contributed by atoms with Crippen LogP contribution < -0.4 is 0 Å². The summed E-state index contributed by atoms with van der Waals surface area (Å²) in [7, 11) is 0. The summed E-state index contributed by atoms with van der Waals surface area (Å²) >= 11 is 11.8. The topological polar surface area (TPSA) is 20.2 Å². The Morgan fingerprint density at radius 3 is 2.75 bits per heavy atom. The fourth-order valence-electron chi connectivity index (χ4n) is 1.63. The van der Waals surface area contributed by atoms with Gasteiger partial charge in [-0.2, -0.15) is 0 Å². The second-order valence-corrected chi connectivity index (χ2v) is 3.93. The van der Waals surface area contributed by atoms with Gasteiger partial charge in [0, 0.05) is 16.5 Å². The molecule has 0 amide bonds. The first-order valence-corrected chi connectivity index (χ1v) is 4.57. The van der Waals surface area contributed by atoms with E-state index in [1.165, 1.54) is 0 Å². The van der Waals surface area contributed by atoms with E-state index in [-0.39, 0.29) is 6.10 Å². The minimum atomic E-state index is -0.282. The molecule has 0 spiro atoms. The Balaban J connectivity index is 2.52. The highest BCUT2D eigenvalue weighted by molar-refractivity contribution is 6.35. The maximum atomic E-state index is 9.36. The number of rotatable bonds is 0. The highest BCUT2D eigenvalue weighted by Crippen LogP contribution is 2.31. The average Bonchev–Trinajstić information content (AvgIpc) is 2.29. The van der Waals surface area contributed by atoms with Gasteiger partial charge >= 0.3 is 0 Å². The smallest absolute Gasteiger partial charge is 0.0621 e. The van der Waals surface area contributed by atoms with E-state index in [1.807, 2.05) is 6.07 Å². The summed E-state index contributed by atoms with van der Waals surface area (Å²) in [5, 5.41) is 10.7. The maximum Gasteiger partial charge on any atom is 0.0621 e. The molecule has 1 aromatic carbocycles. The lowest BCUT2D eigenvalue weighted by molar-refractivity contribution is 0.187. The molecule has 0 radical (unpaired) electrons. The molecule has 0 aliphatic heterocycles. The summed E-state index contributed by atoms with van der Waals surface area (Å²) in [4.78, 5) is 0. The molecule has 3 heteroatoms. The highest BCUT2D eigenvalue weighted by atomic mass is 35.5. The Morgan fingerprint density at radius 1 is 1.25 bits per heavy atom. The summed E-state index contributed by atoms with van der Waals surface area (Å²) < 4.78 is 0. The quantitative estimate of drug-likeness (QED) is 0.686. The molecular weight excluding hydrogens is 195 g/mol. The van der Waals surface area contributed by atoms with Crippen molar-refractivity contribution in [3.63, 3.8) is 0 Å². The Kier molecular flexibility index (Phi) is 2.03. The van der Waals surface area contributed by atoms with Crippen LogP contribution in [0.25, 0.3) is 0 Å². The highest BCUT2D eigenvalue weighted by Gasteiger charge is 2.21. The van der Waals surface area contributed by atoms with Crippen molar-refractivity contribution in [1.29, 1.82) is 0 Å². The van der Waals surface area contributed by atoms with Crippen LogP contribution in [0.4, 0.5) is 0 Å². The summed E-state index contributed by atoms with van der Waals surface area (Å²) in [6.07, 6.45) is 1.05. The molecule has 0 bridgehead atoms. The van der Waals surface area contributed by atoms with Crippen LogP contribution in [-0.4, -0.2) is 11.2 Å². The summed E-state index contributed by atoms with van der Waals surface area (Å²) in [6.45, 7) is 0. The van der Waals surface area contributed by atoms with Gasteiger partial charge in [0.2, 0.25) is 0 Å². The Bertz CT molecular complexity index is 323. The van der Waals surface area contributed by atoms with Crippen LogP contribution in [0.1, 0.15) is 11.1 Å². The summed E-state index contributed by atoms with van der Waals surface area (Å²) in [5.74, 6) is 0. The molecule has 1 unspecified atom stereocenters. The first-order chi connectivity index (χ1) is 5.66. The molecule has 0 fully saturated rings. The number of aliphatic hydroxyl groups is 1. The summed E-state index contributed by atoms with van der Waals surface area (Å²) in [5.41, 5.74) is 2.13. The molecule has 12 heavy (non-hydrogen) atoms. The molecule has 1 N–H and O–H groups in total. The normalized spacial score (nSPS) is 21.1. The van der Waals surface area contributed by atoms with Crippen molar-refractivity contribution in [3.8, 4) is 0 Å². The van der Waals surface area contributed by atoms with Crippen molar-refractivity contribution in [2.45, 2.75) is 18.9 Å². The first kappa shape index (κ1) is 8.36. The number of hydrogen-bond donors (Lipinski definition) is 1. The van der Waals surface area contributed by atoms with Crippen LogP contribution in [0.3, 0.4) is 0 Å². The third-order valence-corrected chi connectivity index (χ3v) is 2.70. The lowest BCUT2D eigenvalue weighted by Gasteiger charge is -2.01. The van der Waals surface area contributed by atoms with E-state index < -0.39 is 0 Å². The third-order valence-electron chi connectivity index (χ3n) is 2.15. The van der Waals surface area contributed by atoms with Crippen molar-refractivity contribution >= 4 is 23.2 Å². The standard InChI is InChI=1S/C9H8Cl2O/c10-6-1-5-2-7(12)4-8(5)9(11)3-6/h1,3,7,12H,2,4H2. The molecule has 1 aliphatic rings. The SMILES string of the molecule is OC1Cc2cc(Cl)cc(Cl)c2C1. The van der Waals surface area contributed by atoms with Gasteiger partial charge < -0.3 is 5.11 Å². The first-order valence-electron chi connectivity index (χ1n) is 3.81. The second kappa shape index (κ2) is 2.91. The maximum absolute atomic E-state index is 9.36. The number of hydrogen-bond acceptors (Lipinski definition) is 1. The molecular formula is C9H8Cl2O. The Hall–Kier alpha value is -0.240. The molecule has 0 saturated carbocycles. The minimum Gasteiger partial charge on any atom is -0.392 e. The fourth-order valence-corrected chi connectivity index (χ4v) is 2.24. The van der Waals surface area contributed by atoms with Gasteiger partial charge in [-0.1, -0.05) is 23.2 Å². The second-order valence-electron chi connectivity index (χ2n) is 3.09. The zero-order valence-electron chi connectivity index (χ0n) is 6.35. The molecule has 64 valence electrons. The van der Waals surface area contributed by atoms with E-state index in [2.05, 4.69) is 0 Å². The van der Waals surface area contributed by atoms with Crippen molar-refractivity contribution in [2.24, 2.45) is 0 Å². The molecule has 1 atom stereocenters. The minimum absolute atomic E-state index is 0.282. The van der Waals surface area contributed by atoms with Crippen molar-refractivity contribution in [3.05, 3.63) is 33.3 Å². The molecule has 1 nitrogen and oxygen atoms in total. The largest absolute Gasteiger partial charge is 0.392 e. The van der Waals surface area contributed by atoms with Crippen molar-refractivity contribution < 1.29 is 5.11 Å². The predicted molar refractivity (Wildman–Crippen MR) is 49.9 cm³/mol. The van der Waals surface area contributed by atoms with Crippen LogP contribution in [-0.2, 0) is 12.8 Å². The van der Waals surface area contributed by atoms with Crippen LogP contribution >= 0.6 is 23.2 Å². The van der Waals surface area contributed by atoms with E-state index >= 15 is 0 Å². The van der Waals surface area contributed by atoms with E-state index in [0.29, 0.717) is 22.9 Å². The number of halogens is 2. The number of fused-ring (bicyclic) bond motifs is 1. The molecule has 0 heterocycles. The van der Waals surface area contributed by atoms with Crippen molar-refractivity contribution in [2.75, 3.05) is 0 Å². The van der Waals surface area contributed by atoms with Crippen LogP contribution in [0.5, 0.6) is 0 Å². The Labute approximate surface area is 80.9 Å². The lowest BCUT2D eigenvalue weighted by Crippen LogP contribution is -2.03. The van der Waals surface area contributed by atoms with E-state index in [9.17, 15) is 5.11 Å². The van der Waals surface area contributed by atoms with Crippen molar-refractivity contribution in [1.82, 2.24) is 0 Å². The molecule has 0 aromatic heterocycles. The number of aliphatic hydroxyl groups excluding tert-OH is 1. The van der Waals surface area contributed by atoms with Gasteiger partial charge in [-0.25, -0.2) is 0 Å². The molecule has 0 saturated heterocycles. The third kappa shape index (κ3) is 1.33. The van der Waals surface area contributed by atoms with E-state index in [0.717, 1.165) is 11.1 Å². The van der Waals surface area contributed by atoms with Gasteiger partial charge in [-0.15, -0.1) is 0 Å². The van der Waals surface area contributed by atoms with Crippen LogP contribution in [0.15, 0.2) is 12.1 Å². The predicted octanol–water partition coefficient (Wildman–Crippen LogP) is 2.45. The zero-order valence-corrected chi connectivity index (χ0v) is 7.86. The number of benzene rings is 1. The van der Waals surface area contributed by atoms with E-state index in [1.54, 1.807) is 6.07 Å².